The molecule has 0 bridgehead atoms. The van der Waals surface area contributed by atoms with Crippen molar-refractivity contribution < 1.29 is 8.78 Å². The third-order valence-electron chi connectivity index (χ3n) is 1.90. The highest BCUT2D eigenvalue weighted by Gasteiger charge is 2.38. The number of hydrogen-bond acceptors (Lipinski definition) is 1. The molecule has 1 aliphatic rings. The van der Waals surface area contributed by atoms with Gasteiger partial charge in [0.1, 0.15) is 0 Å². The van der Waals surface area contributed by atoms with E-state index in [9.17, 15) is 8.78 Å². The van der Waals surface area contributed by atoms with E-state index < -0.39 is 5.92 Å². The van der Waals surface area contributed by atoms with Gasteiger partial charge in [-0.3, -0.25) is 0 Å². The van der Waals surface area contributed by atoms with Gasteiger partial charge in [-0.1, -0.05) is 6.92 Å². The van der Waals surface area contributed by atoms with Crippen molar-refractivity contribution in [3.8, 4) is 0 Å². The minimum atomic E-state index is -2.40. The lowest BCUT2D eigenvalue weighted by Crippen LogP contribution is -2.27. The molecule has 0 saturated heterocycles. The highest BCUT2D eigenvalue weighted by atomic mass is 19.3. The van der Waals surface area contributed by atoms with E-state index in [1.807, 2.05) is 6.92 Å². The fourth-order valence-electron chi connectivity index (χ4n) is 1.41. The van der Waals surface area contributed by atoms with Crippen LogP contribution in [0.2, 0.25) is 0 Å². The zero-order valence-corrected chi connectivity index (χ0v) is 6.16. The number of rotatable bonds is 2. The molecule has 0 unspecified atom stereocenters. The Kier molecular flexibility index (Phi) is 2.24. The van der Waals surface area contributed by atoms with Crippen molar-refractivity contribution in [2.45, 2.75) is 38.2 Å². The topological polar surface area (TPSA) is 12.0 Å². The fourth-order valence-corrected chi connectivity index (χ4v) is 1.41. The van der Waals surface area contributed by atoms with Crippen molar-refractivity contribution in [1.82, 2.24) is 5.32 Å². The lowest BCUT2D eigenvalue weighted by Gasteiger charge is -2.10. The number of alkyl halides is 2. The number of hydrogen-bond donors (Lipinski definition) is 1. The van der Waals surface area contributed by atoms with Gasteiger partial charge in [0.2, 0.25) is 5.92 Å². The molecule has 1 nitrogen and oxygen atoms in total. The molecule has 0 amide bonds. The van der Waals surface area contributed by atoms with Gasteiger partial charge in [-0.25, -0.2) is 8.78 Å². The van der Waals surface area contributed by atoms with Crippen LogP contribution in [0.1, 0.15) is 26.2 Å². The van der Waals surface area contributed by atoms with Crippen molar-refractivity contribution in [2.24, 2.45) is 0 Å². The highest BCUT2D eigenvalue weighted by molar-refractivity contribution is 4.85. The second-order valence-corrected chi connectivity index (χ2v) is 2.85. The molecule has 60 valence electrons. The summed E-state index contributed by atoms with van der Waals surface area (Å²) >= 11 is 0. The Bertz CT molecular complexity index is 114. The molecule has 10 heavy (non-hydrogen) atoms. The third kappa shape index (κ3) is 1.90. The molecule has 1 saturated carbocycles. The van der Waals surface area contributed by atoms with Crippen LogP contribution in [0.25, 0.3) is 0 Å². The smallest absolute Gasteiger partial charge is 0.249 e. The molecule has 0 aromatic heterocycles. The number of nitrogens with one attached hydrogen (secondary N) is 1. The van der Waals surface area contributed by atoms with Crippen LogP contribution in [0, 0.1) is 0 Å². The van der Waals surface area contributed by atoms with Crippen LogP contribution in [-0.4, -0.2) is 18.5 Å². The molecule has 1 rings (SSSR count). The van der Waals surface area contributed by atoms with Crippen molar-refractivity contribution >= 4 is 0 Å². The summed E-state index contributed by atoms with van der Waals surface area (Å²) in [6, 6.07) is 0.0556. The van der Waals surface area contributed by atoms with Gasteiger partial charge in [0, 0.05) is 18.9 Å². The molecule has 1 N–H and O–H groups in total. The van der Waals surface area contributed by atoms with Gasteiger partial charge in [0.25, 0.3) is 0 Å². The summed E-state index contributed by atoms with van der Waals surface area (Å²) in [5, 5.41) is 3.02. The van der Waals surface area contributed by atoms with Gasteiger partial charge in [-0.15, -0.1) is 0 Å². The Labute approximate surface area is 59.8 Å². The molecule has 1 fully saturated rings. The summed E-state index contributed by atoms with van der Waals surface area (Å²) in [5.74, 6) is -2.40. The predicted octanol–water partition coefficient (Wildman–Crippen LogP) is 1.78. The van der Waals surface area contributed by atoms with Gasteiger partial charge in [-0.05, 0) is 13.0 Å². The lowest BCUT2D eigenvalue weighted by atomic mass is 10.2. The van der Waals surface area contributed by atoms with E-state index in [1.165, 1.54) is 0 Å². The molecule has 0 aromatic carbocycles. The van der Waals surface area contributed by atoms with E-state index >= 15 is 0 Å². The van der Waals surface area contributed by atoms with E-state index in [1.54, 1.807) is 0 Å². The van der Waals surface area contributed by atoms with Crippen LogP contribution in [0.4, 0.5) is 8.78 Å². The van der Waals surface area contributed by atoms with Gasteiger partial charge < -0.3 is 5.32 Å². The van der Waals surface area contributed by atoms with Crippen molar-refractivity contribution in [3.05, 3.63) is 0 Å². The summed E-state index contributed by atoms with van der Waals surface area (Å²) in [6.07, 6.45) is 0.715. The average Bonchev–Trinajstić information content (AvgIpc) is 2.12. The SMILES string of the molecule is CCN[C@H]1CCC(F)(F)C1. The monoisotopic (exact) mass is 149 g/mol. The minimum absolute atomic E-state index is 0.0286. The molecule has 0 aliphatic heterocycles. The van der Waals surface area contributed by atoms with Crippen molar-refractivity contribution in [1.29, 1.82) is 0 Å². The summed E-state index contributed by atoms with van der Waals surface area (Å²) < 4.78 is 25.0. The summed E-state index contributed by atoms with van der Waals surface area (Å²) in [4.78, 5) is 0. The Morgan fingerprint density at radius 3 is 2.70 bits per heavy atom. The van der Waals surface area contributed by atoms with Gasteiger partial charge in [0.15, 0.2) is 0 Å². The molecule has 0 radical (unpaired) electrons. The quantitative estimate of drug-likeness (QED) is 0.631. The van der Waals surface area contributed by atoms with E-state index in [-0.39, 0.29) is 18.9 Å². The van der Waals surface area contributed by atoms with Crippen molar-refractivity contribution in [3.63, 3.8) is 0 Å². The van der Waals surface area contributed by atoms with Gasteiger partial charge in [-0.2, -0.15) is 0 Å². The van der Waals surface area contributed by atoms with Crippen LogP contribution < -0.4 is 5.32 Å². The molecule has 0 heterocycles. The first-order valence-corrected chi connectivity index (χ1v) is 3.75. The van der Waals surface area contributed by atoms with Crippen LogP contribution in [0.15, 0.2) is 0 Å². The molecular formula is C7H13F2N. The van der Waals surface area contributed by atoms with E-state index in [4.69, 9.17) is 0 Å². The lowest BCUT2D eigenvalue weighted by molar-refractivity contribution is 0.00699. The first-order chi connectivity index (χ1) is 4.64. The molecule has 0 aromatic rings. The Morgan fingerprint density at radius 2 is 2.30 bits per heavy atom. The molecule has 1 aliphatic carbocycles. The largest absolute Gasteiger partial charge is 0.314 e. The Morgan fingerprint density at radius 1 is 1.60 bits per heavy atom. The van der Waals surface area contributed by atoms with Crippen LogP contribution in [0.5, 0.6) is 0 Å². The standard InChI is InChI=1S/C7H13F2N/c1-2-10-6-3-4-7(8,9)5-6/h6,10H,2-5H2,1H3/t6-/m0/s1. The van der Waals surface area contributed by atoms with Crippen molar-refractivity contribution in [2.75, 3.05) is 6.54 Å². The molecule has 0 spiro atoms. The average molecular weight is 149 g/mol. The summed E-state index contributed by atoms with van der Waals surface area (Å²) in [6.45, 7) is 2.73. The third-order valence-corrected chi connectivity index (χ3v) is 1.90. The highest BCUT2D eigenvalue weighted by Crippen LogP contribution is 2.34. The fraction of sp³-hybridized carbons (Fsp3) is 1.00. The second kappa shape index (κ2) is 2.82. The maximum Gasteiger partial charge on any atom is 0.249 e. The number of halogens is 2. The summed E-state index contributed by atoms with van der Waals surface area (Å²) in [5.41, 5.74) is 0. The van der Waals surface area contributed by atoms with Gasteiger partial charge in [0.05, 0.1) is 0 Å². The maximum atomic E-state index is 12.5. The van der Waals surface area contributed by atoms with E-state index in [0.717, 1.165) is 6.54 Å². The van der Waals surface area contributed by atoms with Crippen LogP contribution in [-0.2, 0) is 0 Å². The summed E-state index contributed by atoms with van der Waals surface area (Å²) in [7, 11) is 0. The van der Waals surface area contributed by atoms with E-state index in [0.29, 0.717) is 6.42 Å². The molecule has 3 heteroatoms. The van der Waals surface area contributed by atoms with E-state index in [2.05, 4.69) is 5.32 Å². The Balaban J connectivity index is 2.29. The maximum absolute atomic E-state index is 12.5. The molecule has 1 atom stereocenters. The first kappa shape index (κ1) is 7.92. The zero-order valence-electron chi connectivity index (χ0n) is 6.16. The predicted molar refractivity (Wildman–Crippen MR) is 36.3 cm³/mol. The normalized spacial score (nSPS) is 30.9. The van der Waals surface area contributed by atoms with Gasteiger partial charge >= 0.3 is 0 Å². The second-order valence-electron chi connectivity index (χ2n) is 2.85. The van der Waals surface area contributed by atoms with Crippen LogP contribution >= 0.6 is 0 Å². The molecular weight excluding hydrogens is 136 g/mol. The van der Waals surface area contributed by atoms with Crippen LogP contribution in [0.3, 0.4) is 0 Å². The Hall–Kier alpha value is -0.180. The minimum Gasteiger partial charge on any atom is -0.314 e. The zero-order chi connectivity index (χ0) is 7.61. The first-order valence-electron chi connectivity index (χ1n) is 3.75.